The van der Waals surface area contributed by atoms with Crippen molar-refractivity contribution >= 4 is 24.2 Å². The van der Waals surface area contributed by atoms with Crippen LogP contribution in [0.3, 0.4) is 0 Å². The van der Waals surface area contributed by atoms with Crippen molar-refractivity contribution in [3.8, 4) is 0 Å². The maximum Gasteiger partial charge on any atom is 0.192 e. The number of hydrogen-bond acceptors (Lipinski definition) is 2. The Hall–Kier alpha value is -0.163. The summed E-state index contributed by atoms with van der Waals surface area (Å²) in [5.74, 6) is 0. The fourth-order valence-corrected chi connectivity index (χ4v) is 4.61. The molecular weight excluding hydrogens is 366 g/mol. The maximum absolute atomic E-state index is 6.60. The van der Waals surface area contributed by atoms with E-state index in [4.69, 9.17) is 4.43 Å². The molecule has 2 nitrogen and oxygen atoms in total. The maximum atomic E-state index is 6.60. The average Bonchev–Trinajstić information content (AvgIpc) is 2.46. The van der Waals surface area contributed by atoms with E-state index >= 15 is 0 Å². The van der Waals surface area contributed by atoms with Crippen molar-refractivity contribution in [3.05, 3.63) is 34.3 Å². The highest BCUT2D eigenvalue weighted by Crippen LogP contribution is 2.38. The molecule has 1 atom stereocenters. The van der Waals surface area contributed by atoms with Gasteiger partial charge in [-0.2, -0.15) is 0 Å². The van der Waals surface area contributed by atoms with Crippen LogP contribution in [0, 0.1) is 0 Å². The molecule has 1 fully saturated rings. The Bertz CT molecular complexity index is 501. The summed E-state index contributed by atoms with van der Waals surface area (Å²) in [7, 11) is -1.64. The van der Waals surface area contributed by atoms with Gasteiger partial charge in [-0.1, -0.05) is 48.8 Å². The normalized spacial score (nSPS) is 19.8. The molecule has 0 aliphatic carbocycles. The van der Waals surface area contributed by atoms with Crippen LogP contribution in [0.1, 0.15) is 52.1 Å². The zero-order valence-corrected chi connectivity index (χ0v) is 18.1. The van der Waals surface area contributed by atoms with Crippen molar-refractivity contribution in [2.24, 2.45) is 0 Å². The first kappa shape index (κ1) is 19.2. The third-order valence-electron chi connectivity index (χ3n) is 5.64. The summed E-state index contributed by atoms with van der Waals surface area (Å²) >= 11 is 3.52. The van der Waals surface area contributed by atoms with Gasteiger partial charge in [0.1, 0.15) is 0 Å². The second-order valence-corrected chi connectivity index (χ2v) is 14.0. The van der Waals surface area contributed by atoms with Gasteiger partial charge in [0.05, 0.1) is 0 Å². The van der Waals surface area contributed by atoms with Gasteiger partial charge in [-0.05, 0) is 55.6 Å². The largest absolute Gasteiger partial charge is 0.414 e. The van der Waals surface area contributed by atoms with Crippen LogP contribution in [0.4, 0.5) is 0 Å². The first-order chi connectivity index (χ1) is 10.6. The van der Waals surface area contributed by atoms with E-state index in [1.807, 2.05) is 0 Å². The van der Waals surface area contributed by atoms with Crippen LogP contribution in [0.25, 0.3) is 0 Å². The molecule has 1 aliphatic rings. The lowest BCUT2D eigenvalue weighted by Crippen LogP contribution is -2.47. The van der Waals surface area contributed by atoms with Crippen LogP contribution in [-0.2, 0) is 4.43 Å². The van der Waals surface area contributed by atoms with Gasteiger partial charge in [0.15, 0.2) is 8.32 Å². The van der Waals surface area contributed by atoms with E-state index in [2.05, 4.69) is 85.9 Å². The summed E-state index contributed by atoms with van der Waals surface area (Å²) in [5.41, 5.74) is 1.40. The molecule has 1 heterocycles. The molecule has 1 aliphatic heterocycles. The van der Waals surface area contributed by atoms with Crippen LogP contribution in [0.5, 0.6) is 0 Å². The molecule has 1 saturated heterocycles. The summed E-state index contributed by atoms with van der Waals surface area (Å²) in [6.45, 7) is 16.3. The molecule has 0 saturated carbocycles. The Labute approximate surface area is 151 Å². The molecule has 0 aromatic heterocycles. The SMILES string of the molecule is C[C@@H](c1ccc(Br)cc1)N1CCC(O[Si](C)(C)C(C)(C)C)CC1. The topological polar surface area (TPSA) is 12.5 Å². The molecule has 1 aromatic carbocycles. The summed E-state index contributed by atoms with van der Waals surface area (Å²) in [6.07, 6.45) is 2.77. The fraction of sp³-hybridized carbons (Fsp3) is 0.684. The van der Waals surface area contributed by atoms with Gasteiger partial charge in [0, 0.05) is 29.7 Å². The monoisotopic (exact) mass is 397 g/mol. The number of hydrogen-bond donors (Lipinski definition) is 0. The second-order valence-electron chi connectivity index (χ2n) is 8.34. The van der Waals surface area contributed by atoms with Crippen LogP contribution in [0.15, 0.2) is 28.7 Å². The van der Waals surface area contributed by atoms with E-state index in [1.54, 1.807) is 0 Å². The lowest BCUT2D eigenvalue weighted by atomic mass is 10.0. The summed E-state index contributed by atoms with van der Waals surface area (Å²) in [6, 6.07) is 9.22. The highest BCUT2D eigenvalue weighted by atomic mass is 79.9. The molecule has 130 valence electrons. The molecule has 0 spiro atoms. The van der Waals surface area contributed by atoms with Crippen LogP contribution < -0.4 is 0 Å². The van der Waals surface area contributed by atoms with Gasteiger partial charge in [0.25, 0.3) is 0 Å². The third kappa shape index (κ3) is 4.91. The quantitative estimate of drug-likeness (QED) is 0.577. The fourth-order valence-electron chi connectivity index (χ4n) is 2.93. The van der Waals surface area contributed by atoms with Crippen molar-refractivity contribution < 1.29 is 4.43 Å². The van der Waals surface area contributed by atoms with E-state index in [0.29, 0.717) is 17.2 Å². The second kappa shape index (κ2) is 7.38. The molecule has 0 unspecified atom stereocenters. The van der Waals surface area contributed by atoms with Gasteiger partial charge >= 0.3 is 0 Å². The number of likely N-dealkylation sites (tertiary alicyclic amines) is 1. The van der Waals surface area contributed by atoms with Gasteiger partial charge in [-0.3, -0.25) is 4.90 Å². The molecular formula is C19H32BrNOSi. The molecule has 23 heavy (non-hydrogen) atoms. The summed E-state index contributed by atoms with van der Waals surface area (Å²) in [4.78, 5) is 2.59. The average molecular weight is 398 g/mol. The molecule has 4 heteroatoms. The number of halogens is 1. The molecule has 0 N–H and O–H groups in total. The first-order valence-corrected chi connectivity index (χ1v) is 12.5. The van der Waals surface area contributed by atoms with E-state index in [9.17, 15) is 0 Å². The van der Waals surface area contributed by atoms with Crippen molar-refractivity contribution in [1.82, 2.24) is 4.90 Å². The first-order valence-electron chi connectivity index (χ1n) is 8.77. The Morgan fingerprint density at radius 1 is 1.13 bits per heavy atom. The standard InChI is InChI=1S/C19H32BrNOSi/c1-15(16-7-9-17(20)10-8-16)21-13-11-18(12-14-21)22-23(5,6)19(2,3)4/h7-10,15,18H,11-14H2,1-6H3/t15-/m0/s1. The van der Waals surface area contributed by atoms with Crippen molar-refractivity contribution in [2.45, 2.75) is 70.8 Å². The zero-order chi connectivity index (χ0) is 17.3. The minimum Gasteiger partial charge on any atom is -0.414 e. The minimum absolute atomic E-state index is 0.300. The Morgan fingerprint density at radius 2 is 1.65 bits per heavy atom. The van der Waals surface area contributed by atoms with Crippen molar-refractivity contribution in [3.63, 3.8) is 0 Å². The number of rotatable bonds is 4. The van der Waals surface area contributed by atoms with Crippen molar-refractivity contribution in [1.29, 1.82) is 0 Å². The lowest BCUT2D eigenvalue weighted by Gasteiger charge is -2.43. The molecule has 1 aromatic rings. The minimum atomic E-state index is -1.64. The predicted molar refractivity (Wildman–Crippen MR) is 105 cm³/mol. The van der Waals surface area contributed by atoms with Gasteiger partial charge in [-0.25, -0.2) is 0 Å². The number of nitrogens with zero attached hydrogens (tertiary/aromatic N) is 1. The highest BCUT2D eigenvalue weighted by molar-refractivity contribution is 9.10. The number of piperidine rings is 1. The Morgan fingerprint density at radius 3 is 2.13 bits per heavy atom. The van der Waals surface area contributed by atoms with Gasteiger partial charge in [0.2, 0.25) is 0 Å². The molecule has 0 amide bonds. The Kier molecular flexibility index (Phi) is 6.15. The molecule has 2 rings (SSSR count). The summed E-state index contributed by atoms with van der Waals surface area (Å²) < 4.78 is 7.75. The van der Waals surface area contributed by atoms with Gasteiger partial charge in [-0.15, -0.1) is 0 Å². The van der Waals surface area contributed by atoms with Gasteiger partial charge < -0.3 is 4.43 Å². The van der Waals surface area contributed by atoms with Crippen LogP contribution >= 0.6 is 15.9 Å². The van der Waals surface area contributed by atoms with Crippen molar-refractivity contribution in [2.75, 3.05) is 13.1 Å². The number of benzene rings is 1. The smallest absolute Gasteiger partial charge is 0.192 e. The predicted octanol–water partition coefficient (Wildman–Crippen LogP) is 6.00. The highest BCUT2D eigenvalue weighted by Gasteiger charge is 2.39. The Balaban J connectivity index is 1.90. The zero-order valence-electron chi connectivity index (χ0n) is 15.5. The van der Waals surface area contributed by atoms with E-state index < -0.39 is 8.32 Å². The van der Waals surface area contributed by atoms with E-state index in [-0.39, 0.29) is 0 Å². The van der Waals surface area contributed by atoms with E-state index in [0.717, 1.165) is 30.4 Å². The molecule has 0 radical (unpaired) electrons. The lowest BCUT2D eigenvalue weighted by molar-refractivity contribution is 0.0709. The van der Waals surface area contributed by atoms with E-state index in [1.165, 1.54) is 5.56 Å². The molecule has 0 bridgehead atoms. The summed E-state index contributed by atoms with van der Waals surface area (Å²) in [5, 5.41) is 0.300. The van der Waals surface area contributed by atoms with Crippen LogP contribution in [-0.4, -0.2) is 32.4 Å². The van der Waals surface area contributed by atoms with Crippen LogP contribution in [0.2, 0.25) is 18.1 Å². The third-order valence-corrected chi connectivity index (χ3v) is 10.7.